The molecular formula is C23H27ClN2O6. The molecule has 3 aliphatic rings. The SMILES string of the molecule is C=CCN(C(=O)C1N(CCO)C(=O)[C@@H]2[C@@H](C(=O)O)[C@@]3(C)CCC12O3)c1c(C)cccc1Cl. The van der Waals surface area contributed by atoms with Crippen molar-refractivity contribution in [3.63, 3.8) is 0 Å². The van der Waals surface area contributed by atoms with Crippen LogP contribution in [-0.4, -0.2) is 69.8 Å². The minimum absolute atomic E-state index is 0.0939. The Kier molecular flexibility index (Phi) is 5.59. The molecule has 0 aromatic heterocycles. The molecule has 1 aromatic rings. The highest BCUT2D eigenvalue weighted by Crippen LogP contribution is 2.63. The number of rotatable bonds is 7. The molecule has 3 fully saturated rings. The quantitative estimate of drug-likeness (QED) is 0.600. The molecule has 3 saturated heterocycles. The number of nitrogens with zero attached hydrogens (tertiary/aromatic N) is 2. The Morgan fingerprint density at radius 3 is 2.72 bits per heavy atom. The smallest absolute Gasteiger partial charge is 0.310 e. The second-order valence-electron chi connectivity index (χ2n) is 8.96. The first-order valence-electron chi connectivity index (χ1n) is 10.6. The Bertz CT molecular complexity index is 978. The van der Waals surface area contributed by atoms with Gasteiger partial charge in [0, 0.05) is 13.1 Å². The molecular weight excluding hydrogens is 436 g/mol. The Morgan fingerprint density at radius 1 is 1.41 bits per heavy atom. The van der Waals surface area contributed by atoms with Crippen molar-refractivity contribution in [3.8, 4) is 0 Å². The molecule has 2 bridgehead atoms. The Hall–Kier alpha value is -2.42. The van der Waals surface area contributed by atoms with Crippen molar-refractivity contribution in [1.82, 2.24) is 4.90 Å². The maximum absolute atomic E-state index is 14.1. The van der Waals surface area contributed by atoms with E-state index in [1.54, 1.807) is 25.1 Å². The van der Waals surface area contributed by atoms with Gasteiger partial charge in [-0.05, 0) is 38.3 Å². The molecule has 2 N–H and O–H groups in total. The van der Waals surface area contributed by atoms with Gasteiger partial charge >= 0.3 is 5.97 Å². The van der Waals surface area contributed by atoms with Gasteiger partial charge in [0.05, 0.1) is 34.8 Å². The number of amides is 2. The van der Waals surface area contributed by atoms with E-state index in [0.717, 1.165) is 5.56 Å². The lowest BCUT2D eigenvalue weighted by Crippen LogP contribution is -2.57. The first kappa shape index (κ1) is 22.8. The molecule has 3 heterocycles. The number of carboxylic acid groups (broad SMARTS) is 1. The van der Waals surface area contributed by atoms with Crippen molar-refractivity contribution >= 4 is 35.1 Å². The zero-order valence-corrected chi connectivity index (χ0v) is 18.8. The van der Waals surface area contributed by atoms with Crippen LogP contribution in [0.15, 0.2) is 30.9 Å². The first-order chi connectivity index (χ1) is 15.1. The number of para-hydroxylation sites is 1. The summed E-state index contributed by atoms with van der Waals surface area (Å²) in [5, 5.41) is 19.9. The number of ether oxygens (including phenoxy) is 1. The van der Waals surface area contributed by atoms with Gasteiger partial charge < -0.3 is 24.7 Å². The van der Waals surface area contributed by atoms with Crippen molar-refractivity contribution in [3.05, 3.63) is 41.4 Å². The lowest BCUT2D eigenvalue weighted by molar-refractivity contribution is -0.154. The van der Waals surface area contributed by atoms with Crippen molar-refractivity contribution in [2.45, 2.75) is 43.9 Å². The van der Waals surface area contributed by atoms with Crippen LogP contribution >= 0.6 is 11.6 Å². The molecule has 4 rings (SSSR count). The highest BCUT2D eigenvalue weighted by atomic mass is 35.5. The molecule has 1 aromatic carbocycles. The molecule has 9 heteroatoms. The summed E-state index contributed by atoms with van der Waals surface area (Å²) in [4.78, 5) is 42.4. The second-order valence-corrected chi connectivity index (χ2v) is 9.37. The fraction of sp³-hybridized carbons (Fsp3) is 0.522. The maximum Gasteiger partial charge on any atom is 0.310 e. The predicted octanol–water partition coefficient (Wildman–Crippen LogP) is 2.01. The highest BCUT2D eigenvalue weighted by molar-refractivity contribution is 6.34. The molecule has 5 atom stereocenters. The first-order valence-corrected chi connectivity index (χ1v) is 11.0. The van der Waals surface area contributed by atoms with Crippen LogP contribution in [0.2, 0.25) is 5.02 Å². The number of aliphatic hydroxyl groups is 1. The number of β-amino-alcohol motifs (C(OH)–C–C–N with tert-alkyl or cyclic N) is 1. The lowest BCUT2D eigenvalue weighted by atomic mass is 9.66. The van der Waals surface area contributed by atoms with Gasteiger partial charge in [-0.1, -0.05) is 29.8 Å². The number of halogens is 1. The predicted molar refractivity (Wildman–Crippen MR) is 117 cm³/mol. The highest BCUT2D eigenvalue weighted by Gasteiger charge is 2.78. The van der Waals surface area contributed by atoms with E-state index in [2.05, 4.69) is 6.58 Å². The summed E-state index contributed by atoms with van der Waals surface area (Å²) < 4.78 is 6.32. The van der Waals surface area contributed by atoms with Gasteiger partial charge in [0.1, 0.15) is 11.6 Å². The van der Waals surface area contributed by atoms with Crippen molar-refractivity contribution in [2.24, 2.45) is 11.8 Å². The summed E-state index contributed by atoms with van der Waals surface area (Å²) >= 11 is 6.45. The van der Waals surface area contributed by atoms with E-state index in [9.17, 15) is 24.6 Å². The number of carbonyl (C=O) groups excluding carboxylic acids is 2. The maximum atomic E-state index is 14.1. The third kappa shape index (κ3) is 3.00. The van der Waals surface area contributed by atoms with Crippen LogP contribution in [0.1, 0.15) is 25.3 Å². The van der Waals surface area contributed by atoms with Crippen LogP contribution in [0.3, 0.4) is 0 Å². The third-order valence-electron chi connectivity index (χ3n) is 7.15. The third-order valence-corrected chi connectivity index (χ3v) is 7.46. The average molecular weight is 463 g/mol. The summed E-state index contributed by atoms with van der Waals surface area (Å²) in [6, 6.07) is 4.22. The summed E-state index contributed by atoms with van der Waals surface area (Å²) in [7, 11) is 0. The van der Waals surface area contributed by atoms with E-state index in [0.29, 0.717) is 23.6 Å². The van der Waals surface area contributed by atoms with Gasteiger partial charge in [0.25, 0.3) is 5.91 Å². The van der Waals surface area contributed by atoms with Crippen molar-refractivity contribution in [2.75, 3.05) is 24.6 Å². The number of hydrogen-bond acceptors (Lipinski definition) is 5. The number of carbonyl (C=O) groups is 3. The van der Waals surface area contributed by atoms with E-state index >= 15 is 0 Å². The number of aryl methyl sites for hydroxylation is 1. The molecule has 172 valence electrons. The average Bonchev–Trinajstić information content (AvgIpc) is 3.28. The Labute approximate surface area is 191 Å². The number of anilines is 1. The number of aliphatic carboxylic acids is 1. The molecule has 0 saturated carbocycles. The normalized spacial score (nSPS) is 32.8. The molecule has 2 unspecified atom stereocenters. The summed E-state index contributed by atoms with van der Waals surface area (Å²) in [5.74, 6) is -4.06. The number of hydrogen-bond donors (Lipinski definition) is 2. The lowest BCUT2D eigenvalue weighted by Gasteiger charge is -2.37. The van der Waals surface area contributed by atoms with Crippen LogP contribution in [0, 0.1) is 18.8 Å². The summed E-state index contributed by atoms with van der Waals surface area (Å²) in [5.41, 5.74) is -1.02. The monoisotopic (exact) mass is 462 g/mol. The Morgan fingerprint density at radius 2 is 2.12 bits per heavy atom. The molecule has 2 amide bonds. The number of aliphatic hydroxyl groups excluding tert-OH is 1. The topological polar surface area (TPSA) is 107 Å². The van der Waals surface area contributed by atoms with Crippen LogP contribution in [0.5, 0.6) is 0 Å². The molecule has 1 spiro atoms. The van der Waals surface area contributed by atoms with Gasteiger partial charge in [0.2, 0.25) is 5.91 Å². The van der Waals surface area contributed by atoms with Crippen LogP contribution < -0.4 is 4.90 Å². The van der Waals surface area contributed by atoms with Crippen molar-refractivity contribution < 1.29 is 29.3 Å². The van der Waals surface area contributed by atoms with E-state index in [-0.39, 0.29) is 19.7 Å². The van der Waals surface area contributed by atoms with Gasteiger partial charge in [-0.25, -0.2) is 0 Å². The second kappa shape index (κ2) is 7.86. The number of fused-ring (bicyclic) bond motifs is 1. The van der Waals surface area contributed by atoms with Gasteiger partial charge in [0.15, 0.2) is 0 Å². The molecule has 32 heavy (non-hydrogen) atoms. The van der Waals surface area contributed by atoms with Crippen LogP contribution in [-0.2, 0) is 19.1 Å². The van der Waals surface area contributed by atoms with Crippen LogP contribution in [0.25, 0.3) is 0 Å². The van der Waals surface area contributed by atoms with Crippen molar-refractivity contribution in [1.29, 1.82) is 0 Å². The standard InChI is InChI=1S/C23H27ClN2O6/c1-4-10-25(17-13(2)6-5-7-14(17)24)20(29)18-23-9-8-22(3,32-23)16(21(30)31)15(23)19(28)26(18)11-12-27/h4-7,15-16,18,27H,1,8-12H2,2-3H3,(H,30,31)/t15-,16-,18?,22+,23?/m0/s1. The Balaban J connectivity index is 1.84. The van der Waals surface area contributed by atoms with E-state index in [1.165, 1.54) is 9.80 Å². The summed E-state index contributed by atoms with van der Waals surface area (Å²) in [6.45, 7) is 6.97. The van der Waals surface area contributed by atoms with Crippen LogP contribution in [0.4, 0.5) is 5.69 Å². The minimum Gasteiger partial charge on any atom is -0.481 e. The molecule has 0 aliphatic carbocycles. The van der Waals surface area contributed by atoms with E-state index in [4.69, 9.17) is 16.3 Å². The zero-order chi connectivity index (χ0) is 23.4. The number of carboxylic acids is 1. The van der Waals surface area contributed by atoms with Gasteiger partial charge in [-0.3, -0.25) is 14.4 Å². The minimum atomic E-state index is -1.27. The van der Waals surface area contributed by atoms with Gasteiger partial charge in [-0.2, -0.15) is 0 Å². The van der Waals surface area contributed by atoms with E-state index < -0.39 is 46.9 Å². The number of benzene rings is 1. The zero-order valence-electron chi connectivity index (χ0n) is 18.1. The molecule has 3 aliphatic heterocycles. The molecule has 0 radical (unpaired) electrons. The fourth-order valence-corrected chi connectivity index (χ4v) is 6.29. The largest absolute Gasteiger partial charge is 0.481 e. The van der Waals surface area contributed by atoms with E-state index in [1.807, 2.05) is 13.0 Å². The van der Waals surface area contributed by atoms with Gasteiger partial charge in [-0.15, -0.1) is 6.58 Å². The number of likely N-dealkylation sites (tertiary alicyclic amines) is 1. The fourth-order valence-electron chi connectivity index (χ4n) is 5.96. The molecule has 8 nitrogen and oxygen atoms in total. The summed E-state index contributed by atoms with van der Waals surface area (Å²) in [6.07, 6.45) is 2.37.